The molecule has 8 heteroatoms. The number of nitrogens with zero attached hydrogens (tertiary/aromatic N) is 2. The highest BCUT2D eigenvalue weighted by molar-refractivity contribution is 7.14. The molecule has 6 nitrogen and oxygen atoms in total. The SMILES string of the molecule is CN(CC(=O)NC1CC1)C(=O)c1csc(Nc2ccccc2Cl)n1. The number of halogens is 1. The summed E-state index contributed by atoms with van der Waals surface area (Å²) in [6.07, 6.45) is 2.04. The van der Waals surface area contributed by atoms with Crippen molar-refractivity contribution in [2.75, 3.05) is 18.9 Å². The topological polar surface area (TPSA) is 74.3 Å². The van der Waals surface area contributed by atoms with E-state index in [0.717, 1.165) is 18.5 Å². The number of aromatic nitrogens is 1. The lowest BCUT2D eigenvalue weighted by atomic mass is 10.3. The second-order valence-corrected chi connectivity index (χ2v) is 6.91. The van der Waals surface area contributed by atoms with Crippen LogP contribution in [0.2, 0.25) is 5.02 Å². The predicted octanol–water partition coefficient (Wildman–Crippen LogP) is 2.89. The number of thiazole rings is 1. The van der Waals surface area contributed by atoms with Crippen LogP contribution in [0.25, 0.3) is 0 Å². The number of carbonyl (C=O) groups excluding carboxylic acids is 2. The molecule has 1 saturated carbocycles. The lowest BCUT2D eigenvalue weighted by Gasteiger charge is -2.15. The molecule has 0 unspecified atom stereocenters. The predicted molar refractivity (Wildman–Crippen MR) is 95.0 cm³/mol. The first-order valence-corrected chi connectivity index (χ1v) is 8.80. The van der Waals surface area contributed by atoms with Crippen LogP contribution in [0.5, 0.6) is 0 Å². The Bertz CT molecular complexity index is 760. The van der Waals surface area contributed by atoms with Crippen molar-refractivity contribution in [1.82, 2.24) is 15.2 Å². The average molecular weight is 365 g/mol. The molecule has 24 heavy (non-hydrogen) atoms. The lowest BCUT2D eigenvalue weighted by Crippen LogP contribution is -2.39. The van der Waals surface area contributed by atoms with Gasteiger partial charge in [-0.15, -0.1) is 11.3 Å². The van der Waals surface area contributed by atoms with Gasteiger partial charge in [-0.05, 0) is 25.0 Å². The molecule has 1 aromatic heterocycles. The van der Waals surface area contributed by atoms with Crippen molar-refractivity contribution in [3.63, 3.8) is 0 Å². The molecule has 2 N–H and O–H groups in total. The van der Waals surface area contributed by atoms with E-state index in [1.54, 1.807) is 18.5 Å². The molecule has 0 spiro atoms. The van der Waals surface area contributed by atoms with Crippen LogP contribution in [-0.4, -0.2) is 41.3 Å². The third-order valence-electron chi connectivity index (χ3n) is 3.51. The monoisotopic (exact) mass is 364 g/mol. The van der Waals surface area contributed by atoms with Crippen molar-refractivity contribution in [1.29, 1.82) is 0 Å². The highest BCUT2D eigenvalue weighted by Crippen LogP contribution is 2.27. The molecule has 1 fully saturated rings. The lowest BCUT2D eigenvalue weighted by molar-refractivity contribution is -0.121. The summed E-state index contributed by atoms with van der Waals surface area (Å²) in [7, 11) is 1.59. The molecule has 2 amide bonds. The van der Waals surface area contributed by atoms with Crippen molar-refractivity contribution in [2.24, 2.45) is 0 Å². The Kier molecular flexibility index (Phi) is 5.01. The summed E-state index contributed by atoms with van der Waals surface area (Å²) < 4.78 is 0. The molecule has 0 radical (unpaired) electrons. The molecule has 2 aromatic rings. The van der Waals surface area contributed by atoms with Gasteiger partial charge in [0.25, 0.3) is 5.91 Å². The first-order chi connectivity index (χ1) is 11.5. The molecule has 0 atom stereocenters. The number of para-hydroxylation sites is 1. The Morgan fingerprint density at radius 2 is 2.12 bits per heavy atom. The Labute approximate surface area is 148 Å². The van der Waals surface area contributed by atoms with Crippen LogP contribution < -0.4 is 10.6 Å². The standard InChI is InChI=1S/C16H17ClN4O2S/c1-21(8-14(22)18-10-6-7-10)15(23)13-9-24-16(20-13)19-12-5-3-2-4-11(12)17/h2-5,9-10H,6-8H2,1H3,(H,18,22)(H,19,20). The Morgan fingerprint density at radius 3 is 2.83 bits per heavy atom. The van der Waals surface area contributed by atoms with Crippen LogP contribution in [0.3, 0.4) is 0 Å². The minimum Gasteiger partial charge on any atom is -0.352 e. The van der Waals surface area contributed by atoms with E-state index in [9.17, 15) is 9.59 Å². The number of amides is 2. The van der Waals surface area contributed by atoms with Crippen molar-refractivity contribution >= 4 is 45.6 Å². The third-order valence-corrected chi connectivity index (χ3v) is 4.60. The van der Waals surface area contributed by atoms with E-state index >= 15 is 0 Å². The van der Waals surface area contributed by atoms with Crippen LogP contribution >= 0.6 is 22.9 Å². The number of hydrogen-bond donors (Lipinski definition) is 2. The molecule has 0 bridgehead atoms. The number of anilines is 2. The smallest absolute Gasteiger partial charge is 0.273 e. The molecular formula is C16H17ClN4O2S. The van der Waals surface area contributed by atoms with Gasteiger partial charge < -0.3 is 15.5 Å². The molecule has 0 saturated heterocycles. The molecule has 1 heterocycles. The van der Waals surface area contributed by atoms with Gasteiger partial charge in [0.2, 0.25) is 5.91 Å². The highest BCUT2D eigenvalue weighted by atomic mass is 35.5. The van der Waals surface area contributed by atoms with E-state index in [0.29, 0.717) is 15.8 Å². The molecule has 1 aliphatic carbocycles. The van der Waals surface area contributed by atoms with Gasteiger partial charge in [0.1, 0.15) is 5.69 Å². The fourth-order valence-electron chi connectivity index (χ4n) is 2.09. The van der Waals surface area contributed by atoms with E-state index in [-0.39, 0.29) is 24.4 Å². The van der Waals surface area contributed by atoms with Gasteiger partial charge in [0.05, 0.1) is 17.3 Å². The minimum absolute atomic E-state index is 0.0279. The van der Waals surface area contributed by atoms with Gasteiger partial charge in [0, 0.05) is 18.5 Å². The molecule has 126 valence electrons. The van der Waals surface area contributed by atoms with Crippen molar-refractivity contribution in [3.05, 3.63) is 40.4 Å². The minimum atomic E-state index is -0.288. The second-order valence-electron chi connectivity index (χ2n) is 5.65. The fraction of sp³-hybridized carbons (Fsp3) is 0.312. The zero-order valence-corrected chi connectivity index (χ0v) is 14.7. The molecule has 1 aromatic carbocycles. The summed E-state index contributed by atoms with van der Waals surface area (Å²) >= 11 is 7.40. The van der Waals surface area contributed by atoms with Crippen LogP contribution in [0.1, 0.15) is 23.3 Å². The van der Waals surface area contributed by atoms with Crippen LogP contribution in [0.4, 0.5) is 10.8 Å². The van der Waals surface area contributed by atoms with E-state index in [4.69, 9.17) is 11.6 Å². The summed E-state index contributed by atoms with van der Waals surface area (Å²) in [6.45, 7) is 0.0279. The van der Waals surface area contributed by atoms with E-state index in [1.807, 2.05) is 18.2 Å². The summed E-state index contributed by atoms with van der Waals surface area (Å²) in [5.74, 6) is -0.428. The van der Waals surface area contributed by atoms with E-state index in [1.165, 1.54) is 16.2 Å². The maximum atomic E-state index is 12.4. The van der Waals surface area contributed by atoms with Crippen LogP contribution in [-0.2, 0) is 4.79 Å². The van der Waals surface area contributed by atoms with Crippen molar-refractivity contribution in [3.8, 4) is 0 Å². The zero-order valence-electron chi connectivity index (χ0n) is 13.1. The first-order valence-electron chi connectivity index (χ1n) is 7.55. The third kappa shape index (κ3) is 4.24. The van der Waals surface area contributed by atoms with Gasteiger partial charge >= 0.3 is 0 Å². The molecule has 1 aliphatic rings. The summed E-state index contributed by atoms with van der Waals surface area (Å²) in [4.78, 5) is 29.8. The number of likely N-dealkylation sites (N-methyl/N-ethyl adjacent to an activating group) is 1. The average Bonchev–Trinajstić information content (AvgIpc) is 3.23. The Hall–Kier alpha value is -2.12. The first kappa shape index (κ1) is 16.7. The van der Waals surface area contributed by atoms with Crippen LogP contribution in [0, 0.1) is 0 Å². The number of nitrogens with one attached hydrogen (secondary N) is 2. The van der Waals surface area contributed by atoms with Gasteiger partial charge in [-0.1, -0.05) is 23.7 Å². The Balaban J connectivity index is 1.60. The second kappa shape index (κ2) is 7.19. The summed E-state index contributed by atoms with van der Waals surface area (Å²) in [5, 5.41) is 8.76. The molecular weight excluding hydrogens is 348 g/mol. The number of rotatable bonds is 6. The van der Waals surface area contributed by atoms with E-state index < -0.39 is 0 Å². The summed E-state index contributed by atoms with van der Waals surface area (Å²) in [5.41, 5.74) is 1.03. The number of carbonyl (C=O) groups is 2. The largest absolute Gasteiger partial charge is 0.352 e. The van der Waals surface area contributed by atoms with Crippen molar-refractivity contribution < 1.29 is 9.59 Å². The van der Waals surface area contributed by atoms with Crippen molar-refractivity contribution in [2.45, 2.75) is 18.9 Å². The van der Waals surface area contributed by atoms with E-state index in [2.05, 4.69) is 15.6 Å². The maximum Gasteiger partial charge on any atom is 0.273 e. The van der Waals surface area contributed by atoms with Gasteiger partial charge in [-0.2, -0.15) is 0 Å². The Morgan fingerprint density at radius 1 is 1.38 bits per heavy atom. The quantitative estimate of drug-likeness (QED) is 0.826. The zero-order chi connectivity index (χ0) is 17.1. The van der Waals surface area contributed by atoms with Gasteiger partial charge in [-0.25, -0.2) is 4.98 Å². The molecule has 0 aliphatic heterocycles. The van der Waals surface area contributed by atoms with Gasteiger partial charge in [-0.3, -0.25) is 9.59 Å². The number of benzene rings is 1. The van der Waals surface area contributed by atoms with Gasteiger partial charge in [0.15, 0.2) is 5.13 Å². The normalized spacial score (nSPS) is 13.4. The highest BCUT2D eigenvalue weighted by Gasteiger charge is 2.25. The van der Waals surface area contributed by atoms with Crippen LogP contribution in [0.15, 0.2) is 29.6 Å². The summed E-state index contributed by atoms with van der Waals surface area (Å²) in [6, 6.07) is 7.59. The molecule has 3 rings (SSSR count). The maximum absolute atomic E-state index is 12.4. The fourth-order valence-corrected chi connectivity index (χ4v) is 2.97. The number of hydrogen-bond acceptors (Lipinski definition) is 5.